The van der Waals surface area contributed by atoms with Gasteiger partial charge in [-0.2, -0.15) is 4.98 Å². The van der Waals surface area contributed by atoms with Crippen molar-refractivity contribution in [3.05, 3.63) is 22.7 Å². The Hall–Kier alpha value is -2.19. The smallest absolute Gasteiger partial charge is 0.469 e. The number of phosphoric acid groups is 1. The third-order valence-electron chi connectivity index (χ3n) is 3.68. The normalized spacial score (nSPS) is 24.9. The van der Waals surface area contributed by atoms with Crippen LogP contribution in [0.4, 0.5) is 5.82 Å². The maximum absolute atomic E-state index is 12.1. The molecule has 0 aromatic carbocycles. The number of carbonyl (C=O) groups is 2. The summed E-state index contributed by atoms with van der Waals surface area (Å²) < 4.78 is 21.0. The van der Waals surface area contributed by atoms with E-state index >= 15 is 0 Å². The van der Waals surface area contributed by atoms with Crippen LogP contribution in [0.5, 0.6) is 0 Å². The van der Waals surface area contributed by atoms with E-state index in [-0.39, 0.29) is 12.2 Å². The van der Waals surface area contributed by atoms with E-state index in [1.54, 1.807) is 0 Å². The number of nitrogens with one attached hydrogen (secondary N) is 1. The number of aliphatic hydroxyl groups excluding tert-OH is 2. The fourth-order valence-corrected chi connectivity index (χ4v) is 2.71. The molecule has 0 bridgehead atoms. The number of aromatic nitrogens is 2. The van der Waals surface area contributed by atoms with E-state index in [9.17, 15) is 29.2 Å². The summed E-state index contributed by atoms with van der Waals surface area (Å²) in [4.78, 5) is 55.0. The monoisotopic (exact) mass is 423 g/mol. The standard InChI is InChI=1S/C13H18N3O11P/c17-8(1-2-9(18)19)14-7-3-4-16(13(22)15-7)12-11(21)10(20)6(27-12)5-26-28(23,24)25/h3-4,6,10-12,20-21H,1-2,5H2,(H,18,19)(H2,23,24,25)(H,14,15,17,22)/t6-,10-,11+,12-/m1/s1. The van der Waals surface area contributed by atoms with E-state index in [1.807, 2.05) is 0 Å². The molecule has 1 aliphatic heterocycles. The summed E-state index contributed by atoms with van der Waals surface area (Å²) in [6, 6.07) is 1.18. The first-order chi connectivity index (χ1) is 13.0. The predicted octanol–water partition coefficient (Wildman–Crippen LogP) is -2.22. The molecule has 1 amide bonds. The molecule has 0 radical (unpaired) electrons. The van der Waals surface area contributed by atoms with Crippen LogP contribution in [0.15, 0.2) is 17.1 Å². The lowest BCUT2D eigenvalue weighted by Gasteiger charge is -2.17. The molecule has 1 saturated heterocycles. The van der Waals surface area contributed by atoms with Crippen molar-refractivity contribution in [2.45, 2.75) is 37.4 Å². The van der Waals surface area contributed by atoms with Crippen LogP contribution in [0.1, 0.15) is 19.1 Å². The lowest BCUT2D eigenvalue weighted by Crippen LogP contribution is -2.36. The van der Waals surface area contributed by atoms with Crippen molar-refractivity contribution in [3.8, 4) is 0 Å². The molecule has 1 fully saturated rings. The lowest BCUT2D eigenvalue weighted by atomic mass is 10.1. The number of anilines is 1. The minimum Gasteiger partial charge on any atom is -0.481 e. The van der Waals surface area contributed by atoms with Crippen molar-refractivity contribution in [1.29, 1.82) is 0 Å². The minimum absolute atomic E-state index is 0.161. The van der Waals surface area contributed by atoms with Gasteiger partial charge in [-0.05, 0) is 6.07 Å². The van der Waals surface area contributed by atoms with Gasteiger partial charge in [-0.3, -0.25) is 18.7 Å². The molecule has 15 heteroatoms. The van der Waals surface area contributed by atoms with Gasteiger partial charge in [0, 0.05) is 12.6 Å². The van der Waals surface area contributed by atoms with Crippen LogP contribution in [-0.4, -0.2) is 71.5 Å². The second-order valence-electron chi connectivity index (χ2n) is 5.78. The van der Waals surface area contributed by atoms with E-state index in [0.29, 0.717) is 0 Å². The van der Waals surface area contributed by atoms with E-state index in [0.717, 1.165) is 10.8 Å². The predicted molar refractivity (Wildman–Crippen MR) is 87.9 cm³/mol. The molecule has 1 aliphatic rings. The third kappa shape index (κ3) is 5.90. The van der Waals surface area contributed by atoms with Gasteiger partial charge in [0.25, 0.3) is 0 Å². The highest BCUT2D eigenvalue weighted by Gasteiger charge is 2.45. The molecular weight excluding hydrogens is 405 g/mol. The fourth-order valence-electron chi connectivity index (χ4n) is 2.37. The van der Waals surface area contributed by atoms with Crippen molar-refractivity contribution < 1.29 is 48.5 Å². The number of rotatable bonds is 8. The van der Waals surface area contributed by atoms with Crippen LogP contribution >= 0.6 is 7.82 Å². The Morgan fingerprint density at radius 1 is 1.29 bits per heavy atom. The molecule has 0 spiro atoms. The summed E-state index contributed by atoms with van der Waals surface area (Å²) in [6.07, 6.45) is -5.58. The number of ether oxygens (including phenoxy) is 1. The molecular formula is C13H18N3O11P. The van der Waals surface area contributed by atoms with Gasteiger partial charge >= 0.3 is 19.5 Å². The highest BCUT2D eigenvalue weighted by molar-refractivity contribution is 7.46. The highest BCUT2D eigenvalue weighted by atomic mass is 31.2. The number of hydrogen-bond acceptors (Lipinski definition) is 9. The average Bonchev–Trinajstić information content (AvgIpc) is 2.86. The highest BCUT2D eigenvalue weighted by Crippen LogP contribution is 2.38. The lowest BCUT2D eigenvalue weighted by molar-refractivity contribution is -0.138. The number of nitrogens with zero attached hydrogens (tertiary/aromatic N) is 2. The number of aliphatic carboxylic acids is 1. The van der Waals surface area contributed by atoms with Gasteiger partial charge in [0.2, 0.25) is 5.91 Å². The Morgan fingerprint density at radius 2 is 1.96 bits per heavy atom. The number of carboxylic acids is 1. The Morgan fingerprint density at radius 3 is 2.54 bits per heavy atom. The number of carboxylic acid groups (broad SMARTS) is 1. The Bertz CT molecular complexity index is 837. The van der Waals surface area contributed by atoms with E-state index in [4.69, 9.17) is 19.6 Å². The zero-order valence-electron chi connectivity index (χ0n) is 14.1. The van der Waals surface area contributed by atoms with E-state index < -0.39 is 63.0 Å². The van der Waals surface area contributed by atoms with Gasteiger partial charge < -0.3 is 35.2 Å². The van der Waals surface area contributed by atoms with Crippen LogP contribution in [0, 0.1) is 0 Å². The molecule has 0 aliphatic carbocycles. The minimum atomic E-state index is -4.83. The molecule has 28 heavy (non-hydrogen) atoms. The summed E-state index contributed by atoms with van der Waals surface area (Å²) in [7, 11) is -4.83. The summed E-state index contributed by atoms with van der Waals surface area (Å²) in [5.74, 6) is -2.00. The molecule has 6 N–H and O–H groups in total. The SMILES string of the molecule is O=C(O)CCC(=O)Nc1ccn([C@@H]2O[C@H](COP(=O)(O)O)[C@@H](O)[C@@H]2O)c(=O)n1. The van der Waals surface area contributed by atoms with Gasteiger partial charge in [-0.1, -0.05) is 0 Å². The average molecular weight is 423 g/mol. The summed E-state index contributed by atoms with van der Waals surface area (Å²) in [5, 5.41) is 30.7. The number of phosphoric ester groups is 1. The van der Waals surface area contributed by atoms with Crippen LogP contribution in [0.25, 0.3) is 0 Å². The van der Waals surface area contributed by atoms with Crippen LogP contribution in [-0.2, 0) is 23.4 Å². The maximum Gasteiger partial charge on any atom is 0.469 e. The molecule has 0 saturated carbocycles. The van der Waals surface area contributed by atoms with E-state index in [1.165, 1.54) is 6.07 Å². The van der Waals surface area contributed by atoms with Gasteiger partial charge in [0.15, 0.2) is 6.23 Å². The molecule has 2 rings (SSSR count). The Balaban J connectivity index is 2.07. The molecule has 1 aromatic heterocycles. The zero-order valence-corrected chi connectivity index (χ0v) is 15.0. The second-order valence-corrected chi connectivity index (χ2v) is 7.02. The Kier molecular flexibility index (Phi) is 7.01. The first kappa shape index (κ1) is 22.1. The summed E-state index contributed by atoms with van der Waals surface area (Å²) in [6.45, 7) is -0.737. The Labute approximate surface area is 156 Å². The van der Waals surface area contributed by atoms with Crippen LogP contribution in [0.3, 0.4) is 0 Å². The van der Waals surface area contributed by atoms with Crippen LogP contribution in [0.2, 0.25) is 0 Å². The molecule has 0 unspecified atom stereocenters. The number of hydrogen-bond donors (Lipinski definition) is 6. The van der Waals surface area contributed by atoms with Crippen molar-refractivity contribution in [3.63, 3.8) is 0 Å². The maximum atomic E-state index is 12.1. The molecule has 1 aromatic rings. The van der Waals surface area contributed by atoms with Gasteiger partial charge in [-0.15, -0.1) is 0 Å². The molecule has 156 valence electrons. The van der Waals surface area contributed by atoms with Crippen molar-refractivity contribution >= 4 is 25.5 Å². The fraction of sp³-hybridized carbons (Fsp3) is 0.538. The first-order valence-electron chi connectivity index (χ1n) is 7.80. The van der Waals surface area contributed by atoms with E-state index in [2.05, 4.69) is 14.8 Å². The van der Waals surface area contributed by atoms with Crippen molar-refractivity contribution in [2.24, 2.45) is 0 Å². The number of amides is 1. The zero-order chi connectivity index (χ0) is 21.1. The van der Waals surface area contributed by atoms with Gasteiger partial charge in [0.05, 0.1) is 13.0 Å². The number of carbonyl (C=O) groups excluding carboxylic acids is 1. The first-order valence-corrected chi connectivity index (χ1v) is 9.33. The van der Waals surface area contributed by atoms with Gasteiger partial charge in [0.1, 0.15) is 24.1 Å². The quantitative estimate of drug-likeness (QED) is 0.245. The summed E-state index contributed by atoms with van der Waals surface area (Å²) >= 11 is 0. The van der Waals surface area contributed by atoms with Crippen molar-refractivity contribution in [1.82, 2.24) is 9.55 Å². The summed E-state index contributed by atoms with van der Waals surface area (Å²) in [5.41, 5.74) is -0.969. The molecule has 4 atom stereocenters. The molecule has 2 heterocycles. The second kappa shape index (κ2) is 8.87. The molecule has 14 nitrogen and oxygen atoms in total. The van der Waals surface area contributed by atoms with Crippen LogP contribution < -0.4 is 11.0 Å². The largest absolute Gasteiger partial charge is 0.481 e. The third-order valence-corrected chi connectivity index (χ3v) is 4.17. The van der Waals surface area contributed by atoms with Crippen molar-refractivity contribution in [2.75, 3.05) is 11.9 Å². The topological polar surface area (TPSA) is 218 Å². The van der Waals surface area contributed by atoms with Gasteiger partial charge in [-0.25, -0.2) is 9.36 Å². The number of aliphatic hydroxyl groups is 2.